The molecule has 0 atom stereocenters. The zero-order valence-electron chi connectivity index (χ0n) is 28.1. The minimum absolute atomic E-state index is 0.684. The van der Waals surface area contributed by atoms with E-state index in [4.69, 9.17) is 9.97 Å². The summed E-state index contributed by atoms with van der Waals surface area (Å²) in [5.41, 5.74) is 11.7. The molecule has 0 bridgehead atoms. The fourth-order valence-electron chi connectivity index (χ4n) is 7.32. The van der Waals surface area contributed by atoms with Gasteiger partial charge in [-0.3, -0.25) is 0 Å². The first-order valence-corrected chi connectivity index (χ1v) is 18.3. The van der Waals surface area contributed by atoms with Gasteiger partial charge in [0.1, 0.15) is 0 Å². The molecule has 0 radical (unpaired) electrons. The molecular weight excluding hydrogens is 651 g/mol. The van der Waals surface area contributed by atoms with E-state index in [9.17, 15) is 0 Å². The molecule has 10 rings (SSSR count). The zero-order valence-corrected chi connectivity index (χ0v) is 29.0. The van der Waals surface area contributed by atoms with E-state index in [0.717, 1.165) is 50.4 Å². The van der Waals surface area contributed by atoms with E-state index in [2.05, 4.69) is 193 Å². The number of thiophene rings is 1. The van der Waals surface area contributed by atoms with Crippen LogP contribution in [0.5, 0.6) is 0 Å². The van der Waals surface area contributed by atoms with Crippen LogP contribution in [-0.2, 0) is 0 Å². The third-order valence-electron chi connectivity index (χ3n) is 9.85. The van der Waals surface area contributed by atoms with E-state index < -0.39 is 0 Å². The van der Waals surface area contributed by atoms with Crippen molar-refractivity contribution in [2.45, 2.75) is 0 Å². The fraction of sp³-hybridized carbons (Fsp3) is 0. The first-order valence-electron chi connectivity index (χ1n) is 17.5. The third kappa shape index (κ3) is 5.29. The number of hydrogen-bond acceptors (Lipinski definition) is 3. The molecule has 7 aromatic carbocycles. The van der Waals surface area contributed by atoms with E-state index in [-0.39, 0.29) is 0 Å². The Morgan fingerprint density at radius 3 is 1.77 bits per heavy atom. The van der Waals surface area contributed by atoms with Gasteiger partial charge in [-0.2, -0.15) is 0 Å². The summed E-state index contributed by atoms with van der Waals surface area (Å²) in [6, 6.07) is 66.7. The number of benzene rings is 7. The number of aromatic nitrogens is 3. The predicted octanol–water partition coefficient (Wildman–Crippen LogP) is 13.1. The minimum atomic E-state index is 0.684. The second-order valence-corrected chi connectivity index (χ2v) is 14.1. The Kier molecular flexibility index (Phi) is 7.33. The first kappa shape index (κ1) is 30.2. The number of hydrogen-bond donors (Lipinski definition) is 0. The van der Waals surface area contributed by atoms with Crippen LogP contribution >= 0.6 is 11.3 Å². The second-order valence-electron chi connectivity index (χ2n) is 13.0. The van der Waals surface area contributed by atoms with Crippen LogP contribution in [0, 0.1) is 0 Å². The van der Waals surface area contributed by atoms with Gasteiger partial charge in [-0.05, 0) is 70.6 Å². The average Bonchev–Trinajstić information content (AvgIpc) is 3.81. The van der Waals surface area contributed by atoms with Crippen LogP contribution in [0.1, 0.15) is 0 Å². The van der Waals surface area contributed by atoms with Crippen molar-refractivity contribution in [3.63, 3.8) is 0 Å². The van der Waals surface area contributed by atoms with Crippen molar-refractivity contribution in [2.24, 2.45) is 0 Å². The molecule has 0 spiro atoms. The van der Waals surface area contributed by atoms with Crippen LogP contribution in [0.3, 0.4) is 0 Å². The summed E-state index contributed by atoms with van der Waals surface area (Å²) in [4.78, 5) is 11.9. The Morgan fingerprint density at radius 1 is 0.404 bits per heavy atom. The smallest absolute Gasteiger partial charge is 0.162 e. The zero-order chi connectivity index (χ0) is 34.4. The number of para-hydroxylation sites is 3. The summed E-state index contributed by atoms with van der Waals surface area (Å²) in [5, 5.41) is 3.72. The Morgan fingerprint density at radius 2 is 1.00 bits per heavy atom. The maximum atomic E-state index is 5.33. The van der Waals surface area contributed by atoms with Crippen LogP contribution in [0.15, 0.2) is 188 Å². The Hall–Kier alpha value is -6.62. The average molecular weight is 682 g/mol. The SMILES string of the molecule is c1ccc(-c2cccc(-c3cc(-c4ccc(-c5cc6ccccc6s5)cc4)nc(-c4ccccc4-n4c5ccccc5c5ccccc54)n3)c2)cc1. The molecule has 0 N–H and O–H groups in total. The molecule has 52 heavy (non-hydrogen) atoms. The second kappa shape index (κ2) is 12.6. The summed E-state index contributed by atoms with van der Waals surface area (Å²) in [6.07, 6.45) is 0. The van der Waals surface area contributed by atoms with Crippen LogP contribution in [0.25, 0.3) is 93.0 Å². The summed E-state index contributed by atoms with van der Waals surface area (Å²) in [6.45, 7) is 0. The van der Waals surface area contributed by atoms with Gasteiger partial charge in [-0.15, -0.1) is 11.3 Å². The molecule has 0 fully saturated rings. The summed E-state index contributed by atoms with van der Waals surface area (Å²) >= 11 is 1.82. The molecule has 244 valence electrons. The molecule has 3 aromatic heterocycles. The lowest BCUT2D eigenvalue weighted by atomic mass is 10.00. The minimum Gasteiger partial charge on any atom is -0.309 e. The highest BCUT2D eigenvalue weighted by Crippen LogP contribution is 2.38. The van der Waals surface area contributed by atoms with E-state index in [1.54, 1.807) is 0 Å². The van der Waals surface area contributed by atoms with Gasteiger partial charge in [0, 0.05) is 37.0 Å². The van der Waals surface area contributed by atoms with Crippen LogP contribution in [0.4, 0.5) is 0 Å². The molecule has 10 aromatic rings. The van der Waals surface area contributed by atoms with Crippen molar-refractivity contribution in [1.82, 2.24) is 14.5 Å². The highest BCUT2D eigenvalue weighted by molar-refractivity contribution is 7.22. The van der Waals surface area contributed by atoms with E-state index in [1.807, 2.05) is 11.3 Å². The molecule has 0 aliphatic heterocycles. The van der Waals surface area contributed by atoms with E-state index in [1.165, 1.54) is 36.9 Å². The molecule has 0 aliphatic rings. The van der Waals surface area contributed by atoms with Gasteiger partial charge in [-0.25, -0.2) is 9.97 Å². The number of fused-ring (bicyclic) bond motifs is 4. The molecule has 0 aliphatic carbocycles. The van der Waals surface area contributed by atoms with Crippen LogP contribution < -0.4 is 0 Å². The van der Waals surface area contributed by atoms with Gasteiger partial charge in [0.2, 0.25) is 0 Å². The van der Waals surface area contributed by atoms with Gasteiger partial charge in [0.05, 0.1) is 28.1 Å². The maximum Gasteiger partial charge on any atom is 0.162 e. The van der Waals surface area contributed by atoms with Crippen molar-refractivity contribution < 1.29 is 0 Å². The lowest BCUT2D eigenvalue weighted by molar-refractivity contribution is 1.14. The standard InChI is InChI=1S/C48H31N3S/c1-2-13-32(14-3-1)35-16-12-17-36(29-35)42-31-41(33-25-27-34(28-26-33)47-30-37-15-4-11-24-46(37)52-47)49-48(50-42)40-20-7-10-23-45(40)51-43-21-8-5-18-38(43)39-19-6-9-22-44(39)51/h1-31H. The van der Waals surface area contributed by atoms with Gasteiger partial charge in [-0.1, -0.05) is 140 Å². The first-order chi connectivity index (χ1) is 25.8. The largest absolute Gasteiger partial charge is 0.309 e. The van der Waals surface area contributed by atoms with Gasteiger partial charge >= 0.3 is 0 Å². The normalized spacial score (nSPS) is 11.5. The van der Waals surface area contributed by atoms with Gasteiger partial charge in [0.15, 0.2) is 5.82 Å². The molecule has 4 heteroatoms. The number of nitrogens with zero attached hydrogens (tertiary/aromatic N) is 3. The summed E-state index contributed by atoms with van der Waals surface area (Å²) in [7, 11) is 0. The van der Waals surface area contributed by atoms with Crippen LogP contribution in [0.2, 0.25) is 0 Å². The van der Waals surface area contributed by atoms with Crippen molar-refractivity contribution in [2.75, 3.05) is 0 Å². The summed E-state index contributed by atoms with van der Waals surface area (Å²) < 4.78 is 3.65. The molecule has 0 unspecified atom stereocenters. The fourth-order valence-corrected chi connectivity index (χ4v) is 8.39. The lowest BCUT2D eigenvalue weighted by Gasteiger charge is -2.15. The molecule has 0 amide bonds. The van der Waals surface area contributed by atoms with Crippen molar-refractivity contribution in [3.05, 3.63) is 188 Å². The quantitative estimate of drug-likeness (QED) is 0.175. The lowest BCUT2D eigenvalue weighted by Crippen LogP contribution is -2.01. The van der Waals surface area contributed by atoms with E-state index >= 15 is 0 Å². The van der Waals surface area contributed by atoms with Crippen molar-refractivity contribution in [1.29, 1.82) is 0 Å². The monoisotopic (exact) mass is 681 g/mol. The Bertz CT molecular complexity index is 2810. The van der Waals surface area contributed by atoms with Crippen molar-refractivity contribution in [3.8, 4) is 61.2 Å². The molecule has 0 saturated heterocycles. The molecule has 3 nitrogen and oxygen atoms in total. The van der Waals surface area contributed by atoms with Gasteiger partial charge in [0.25, 0.3) is 0 Å². The Labute approximate surface area is 305 Å². The summed E-state index contributed by atoms with van der Waals surface area (Å²) in [5.74, 6) is 0.684. The molecular formula is C48H31N3S. The third-order valence-corrected chi connectivity index (χ3v) is 11.0. The molecule has 0 saturated carbocycles. The van der Waals surface area contributed by atoms with Crippen molar-refractivity contribution >= 4 is 43.2 Å². The maximum absolute atomic E-state index is 5.33. The highest BCUT2D eigenvalue weighted by atomic mass is 32.1. The number of rotatable bonds is 6. The van der Waals surface area contributed by atoms with Gasteiger partial charge < -0.3 is 4.57 Å². The predicted molar refractivity (Wildman–Crippen MR) is 219 cm³/mol. The molecule has 3 heterocycles. The van der Waals surface area contributed by atoms with Crippen LogP contribution in [-0.4, -0.2) is 14.5 Å². The highest BCUT2D eigenvalue weighted by Gasteiger charge is 2.18. The van der Waals surface area contributed by atoms with E-state index in [0.29, 0.717) is 5.82 Å². The topological polar surface area (TPSA) is 30.7 Å². The Balaban J connectivity index is 1.16.